The Morgan fingerprint density at radius 3 is 2.78 bits per heavy atom. The number of pyridine rings is 1. The fourth-order valence-corrected chi connectivity index (χ4v) is 1.38. The number of rotatable bonds is 4. The van der Waals surface area contributed by atoms with E-state index in [9.17, 15) is 4.79 Å². The molecule has 1 aromatic heterocycles. The number of hydrogen-bond donors (Lipinski definition) is 2. The van der Waals surface area contributed by atoms with Gasteiger partial charge in [0.1, 0.15) is 5.60 Å². The van der Waals surface area contributed by atoms with Crippen LogP contribution in [-0.2, 0) is 4.74 Å². The molecule has 0 bridgehead atoms. The molecule has 1 rings (SSSR count). The molecule has 18 heavy (non-hydrogen) atoms. The van der Waals surface area contributed by atoms with E-state index in [-0.39, 0.29) is 0 Å². The van der Waals surface area contributed by atoms with Gasteiger partial charge in [-0.15, -0.1) is 0 Å². The van der Waals surface area contributed by atoms with Gasteiger partial charge in [-0.05, 0) is 26.8 Å². The predicted octanol–water partition coefficient (Wildman–Crippen LogP) is 2.67. The van der Waals surface area contributed by atoms with Crippen LogP contribution in [0.25, 0.3) is 0 Å². The summed E-state index contributed by atoms with van der Waals surface area (Å²) in [6.07, 6.45) is 2.78. The molecule has 1 amide bonds. The summed E-state index contributed by atoms with van der Waals surface area (Å²) in [6.45, 7) is 6.47. The minimum Gasteiger partial charge on any atom is -0.444 e. The molecule has 5 nitrogen and oxygen atoms in total. The van der Waals surface area contributed by atoms with Gasteiger partial charge in [0.05, 0.1) is 10.7 Å². The predicted molar refractivity (Wildman–Crippen MR) is 72.0 cm³/mol. The number of alkyl carbamates (subject to hydrolysis) is 1. The van der Waals surface area contributed by atoms with Gasteiger partial charge in [-0.2, -0.15) is 0 Å². The second-order valence-corrected chi connectivity index (χ2v) is 5.12. The lowest BCUT2D eigenvalue weighted by Gasteiger charge is -2.19. The Morgan fingerprint density at radius 2 is 2.17 bits per heavy atom. The van der Waals surface area contributed by atoms with Crippen LogP contribution < -0.4 is 10.6 Å². The average molecular weight is 272 g/mol. The van der Waals surface area contributed by atoms with Gasteiger partial charge in [0.15, 0.2) is 0 Å². The van der Waals surface area contributed by atoms with Crippen LogP contribution in [0, 0.1) is 0 Å². The second kappa shape index (κ2) is 6.44. The van der Waals surface area contributed by atoms with Crippen LogP contribution >= 0.6 is 11.6 Å². The molecule has 0 aliphatic carbocycles. The maximum Gasteiger partial charge on any atom is 0.407 e. The van der Waals surface area contributed by atoms with E-state index >= 15 is 0 Å². The standard InChI is InChI=1S/C12H18ClN3O2/c1-12(2,3)18-11(17)16-7-6-15-10-4-5-14-8-9(10)13/h4-5,8H,6-7H2,1-3H3,(H,14,15)(H,16,17). The number of hydrogen-bond acceptors (Lipinski definition) is 4. The van der Waals surface area contributed by atoms with Crippen molar-refractivity contribution in [2.45, 2.75) is 26.4 Å². The number of ether oxygens (including phenoxy) is 1. The molecule has 0 fully saturated rings. The van der Waals surface area contributed by atoms with Gasteiger partial charge in [-0.25, -0.2) is 4.79 Å². The maximum atomic E-state index is 11.3. The Morgan fingerprint density at radius 1 is 1.44 bits per heavy atom. The van der Waals surface area contributed by atoms with Crippen molar-refractivity contribution in [3.63, 3.8) is 0 Å². The summed E-state index contributed by atoms with van der Waals surface area (Å²) < 4.78 is 5.10. The fourth-order valence-electron chi connectivity index (χ4n) is 1.19. The van der Waals surface area contributed by atoms with Gasteiger partial charge in [0.25, 0.3) is 0 Å². The summed E-state index contributed by atoms with van der Waals surface area (Å²) >= 11 is 5.92. The van der Waals surface area contributed by atoms with E-state index < -0.39 is 11.7 Å². The molecule has 0 saturated carbocycles. The SMILES string of the molecule is CC(C)(C)OC(=O)NCCNc1ccncc1Cl. The van der Waals surface area contributed by atoms with Crippen LogP contribution in [0.5, 0.6) is 0 Å². The molecule has 6 heteroatoms. The molecule has 0 aromatic carbocycles. The van der Waals surface area contributed by atoms with Gasteiger partial charge in [0, 0.05) is 25.5 Å². The summed E-state index contributed by atoms with van der Waals surface area (Å²) in [4.78, 5) is 15.2. The van der Waals surface area contributed by atoms with Crippen LogP contribution in [0.3, 0.4) is 0 Å². The second-order valence-electron chi connectivity index (χ2n) is 4.71. The van der Waals surface area contributed by atoms with Crippen molar-refractivity contribution in [1.29, 1.82) is 0 Å². The number of anilines is 1. The van der Waals surface area contributed by atoms with Crippen molar-refractivity contribution in [3.05, 3.63) is 23.5 Å². The highest BCUT2D eigenvalue weighted by molar-refractivity contribution is 6.33. The number of nitrogens with one attached hydrogen (secondary N) is 2. The molecule has 0 saturated heterocycles. The molecule has 100 valence electrons. The normalized spacial score (nSPS) is 10.9. The Kier molecular flexibility index (Phi) is 5.22. The van der Waals surface area contributed by atoms with E-state index in [4.69, 9.17) is 16.3 Å². The summed E-state index contributed by atoms with van der Waals surface area (Å²) in [6, 6.07) is 1.77. The third-order valence-electron chi connectivity index (χ3n) is 1.88. The largest absolute Gasteiger partial charge is 0.444 e. The zero-order valence-corrected chi connectivity index (χ0v) is 11.5. The van der Waals surface area contributed by atoms with Crippen molar-refractivity contribution >= 4 is 23.4 Å². The smallest absolute Gasteiger partial charge is 0.407 e. The zero-order valence-electron chi connectivity index (χ0n) is 10.8. The molecule has 0 aliphatic rings. The fraction of sp³-hybridized carbons (Fsp3) is 0.500. The van der Waals surface area contributed by atoms with Crippen LogP contribution in [0.4, 0.5) is 10.5 Å². The van der Waals surface area contributed by atoms with Crippen molar-refractivity contribution in [2.24, 2.45) is 0 Å². The van der Waals surface area contributed by atoms with E-state index in [1.807, 2.05) is 20.8 Å². The average Bonchev–Trinajstić information content (AvgIpc) is 2.24. The molecule has 0 spiro atoms. The summed E-state index contributed by atoms with van der Waals surface area (Å²) in [7, 11) is 0. The van der Waals surface area contributed by atoms with E-state index in [2.05, 4.69) is 15.6 Å². The van der Waals surface area contributed by atoms with Crippen molar-refractivity contribution in [3.8, 4) is 0 Å². The monoisotopic (exact) mass is 271 g/mol. The zero-order chi connectivity index (χ0) is 13.6. The molecule has 0 unspecified atom stereocenters. The molecule has 1 aromatic rings. The lowest BCUT2D eigenvalue weighted by atomic mass is 10.2. The summed E-state index contributed by atoms with van der Waals surface area (Å²) in [5.41, 5.74) is 0.309. The van der Waals surface area contributed by atoms with Crippen molar-refractivity contribution in [1.82, 2.24) is 10.3 Å². The highest BCUT2D eigenvalue weighted by Crippen LogP contribution is 2.18. The number of carbonyl (C=O) groups is 1. The maximum absolute atomic E-state index is 11.3. The molecule has 1 heterocycles. The van der Waals surface area contributed by atoms with Crippen LogP contribution in [0.1, 0.15) is 20.8 Å². The topological polar surface area (TPSA) is 63.2 Å². The van der Waals surface area contributed by atoms with E-state index in [1.165, 1.54) is 0 Å². The molecule has 0 radical (unpaired) electrons. The lowest BCUT2D eigenvalue weighted by Crippen LogP contribution is -2.35. The van der Waals surface area contributed by atoms with Crippen LogP contribution in [0.15, 0.2) is 18.5 Å². The molecule has 0 aliphatic heterocycles. The number of carbonyl (C=O) groups excluding carboxylic acids is 1. The Balaban J connectivity index is 2.23. The molecular weight excluding hydrogens is 254 g/mol. The minimum atomic E-state index is -0.480. The Hall–Kier alpha value is -1.49. The third kappa shape index (κ3) is 5.72. The van der Waals surface area contributed by atoms with Gasteiger partial charge in [0.2, 0.25) is 0 Å². The van der Waals surface area contributed by atoms with Gasteiger partial charge >= 0.3 is 6.09 Å². The highest BCUT2D eigenvalue weighted by Gasteiger charge is 2.15. The quantitative estimate of drug-likeness (QED) is 0.827. The summed E-state index contributed by atoms with van der Waals surface area (Å²) in [5.74, 6) is 0. The highest BCUT2D eigenvalue weighted by atomic mass is 35.5. The van der Waals surface area contributed by atoms with E-state index in [0.29, 0.717) is 18.1 Å². The van der Waals surface area contributed by atoms with Crippen LogP contribution in [0.2, 0.25) is 5.02 Å². The van der Waals surface area contributed by atoms with Crippen LogP contribution in [-0.4, -0.2) is 29.8 Å². The molecular formula is C12H18ClN3O2. The van der Waals surface area contributed by atoms with Crippen molar-refractivity contribution < 1.29 is 9.53 Å². The first-order valence-electron chi connectivity index (χ1n) is 5.69. The molecule has 2 N–H and O–H groups in total. The number of amides is 1. The van der Waals surface area contributed by atoms with E-state index in [1.54, 1.807) is 18.5 Å². The first-order chi connectivity index (χ1) is 8.38. The number of aromatic nitrogens is 1. The first kappa shape index (κ1) is 14.6. The number of halogens is 1. The first-order valence-corrected chi connectivity index (χ1v) is 6.06. The Labute approximate surface area is 112 Å². The summed E-state index contributed by atoms with van der Waals surface area (Å²) in [5, 5.41) is 6.29. The number of nitrogens with zero attached hydrogens (tertiary/aromatic N) is 1. The van der Waals surface area contributed by atoms with Crippen molar-refractivity contribution in [2.75, 3.05) is 18.4 Å². The van der Waals surface area contributed by atoms with Gasteiger partial charge < -0.3 is 15.4 Å². The minimum absolute atomic E-state index is 0.426. The van der Waals surface area contributed by atoms with E-state index in [0.717, 1.165) is 5.69 Å². The van der Waals surface area contributed by atoms with Gasteiger partial charge in [-0.1, -0.05) is 11.6 Å². The molecule has 0 atom stereocenters. The lowest BCUT2D eigenvalue weighted by molar-refractivity contribution is 0.0530. The van der Waals surface area contributed by atoms with Gasteiger partial charge in [-0.3, -0.25) is 4.98 Å². The Bertz CT molecular complexity index is 405. The third-order valence-corrected chi connectivity index (χ3v) is 2.18.